The normalized spacial score (nSPS) is 10.7. The fourth-order valence-corrected chi connectivity index (χ4v) is 3.55. The number of halogens is 3. The van der Waals surface area contributed by atoms with E-state index in [1.165, 1.54) is 13.3 Å². The highest BCUT2D eigenvalue weighted by atomic mass is 79.9. The SMILES string of the molecule is COc1cc(/C=N/NC(=O)C(=O)Nc2ccc(Cl)cc2)cc(Br)c1OCc1ccccc1Cl. The zero-order valence-corrected chi connectivity index (χ0v) is 20.4. The van der Waals surface area contributed by atoms with Gasteiger partial charge in [-0.1, -0.05) is 41.4 Å². The average molecular weight is 551 g/mol. The number of benzene rings is 3. The van der Waals surface area contributed by atoms with E-state index in [2.05, 4.69) is 31.8 Å². The van der Waals surface area contributed by atoms with E-state index in [4.69, 9.17) is 32.7 Å². The van der Waals surface area contributed by atoms with Crippen molar-refractivity contribution in [1.29, 1.82) is 0 Å². The molecule has 7 nitrogen and oxygen atoms in total. The van der Waals surface area contributed by atoms with Crippen molar-refractivity contribution in [2.75, 3.05) is 12.4 Å². The van der Waals surface area contributed by atoms with Crippen molar-refractivity contribution in [1.82, 2.24) is 5.43 Å². The number of rotatable bonds is 7. The highest BCUT2D eigenvalue weighted by Gasteiger charge is 2.14. The van der Waals surface area contributed by atoms with E-state index in [0.29, 0.717) is 37.3 Å². The summed E-state index contributed by atoms with van der Waals surface area (Å²) in [4.78, 5) is 23.9. The lowest BCUT2D eigenvalue weighted by atomic mass is 10.2. The zero-order chi connectivity index (χ0) is 23.8. The predicted molar refractivity (Wildman–Crippen MR) is 132 cm³/mol. The molecule has 3 aromatic carbocycles. The van der Waals surface area contributed by atoms with Crippen LogP contribution in [0.25, 0.3) is 0 Å². The third-order valence-corrected chi connectivity index (χ3v) is 5.48. The molecule has 0 aliphatic rings. The third-order valence-electron chi connectivity index (χ3n) is 4.27. The topological polar surface area (TPSA) is 89.0 Å². The van der Waals surface area contributed by atoms with Crippen molar-refractivity contribution in [3.63, 3.8) is 0 Å². The van der Waals surface area contributed by atoms with E-state index in [9.17, 15) is 9.59 Å². The minimum absolute atomic E-state index is 0.251. The van der Waals surface area contributed by atoms with E-state index in [1.807, 2.05) is 18.2 Å². The molecule has 0 aliphatic heterocycles. The number of nitrogens with zero attached hydrogens (tertiary/aromatic N) is 1. The second-order valence-corrected chi connectivity index (χ2v) is 8.27. The lowest BCUT2D eigenvalue weighted by Crippen LogP contribution is -2.32. The molecular formula is C23H18BrCl2N3O4. The molecule has 0 atom stereocenters. The monoisotopic (exact) mass is 549 g/mol. The van der Waals surface area contributed by atoms with Crippen LogP contribution in [0.5, 0.6) is 11.5 Å². The lowest BCUT2D eigenvalue weighted by molar-refractivity contribution is -0.136. The maximum atomic E-state index is 12.0. The van der Waals surface area contributed by atoms with Crippen LogP contribution in [-0.4, -0.2) is 25.1 Å². The number of hydrogen-bond donors (Lipinski definition) is 2. The van der Waals surface area contributed by atoms with E-state index < -0.39 is 11.8 Å². The van der Waals surface area contributed by atoms with Crippen molar-refractivity contribution >= 4 is 62.8 Å². The van der Waals surface area contributed by atoms with Gasteiger partial charge in [0.25, 0.3) is 0 Å². The van der Waals surface area contributed by atoms with Gasteiger partial charge in [0.2, 0.25) is 0 Å². The van der Waals surface area contributed by atoms with Gasteiger partial charge in [-0.05, 0) is 64.0 Å². The molecule has 0 heterocycles. The number of nitrogens with one attached hydrogen (secondary N) is 2. The highest BCUT2D eigenvalue weighted by molar-refractivity contribution is 9.10. The molecule has 3 rings (SSSR count). The van der Waals surface area contributed by atoms with Gasteiger partial charge >= 0.3 is 11.8 Å². The van der Waals surface area contributed by atoms with Crippen LogP contribution in [0.1, 0.15) is 11.1 Å². The van der Waals surface area contributed by atoms with Crippen molar-refractivity contribution in [2.45, 2.75) is 6.61 Å². The summed E-state index contributed by atoms with van der Waals surface area (Å²) in [5.74, 6) is -0.853. The Bertz CT molecular complexity index is 1190. The molecule has 0 aromatic heterocycles. The summed E-state index contributed by atoms with van der Waals surface area (Å²) in [6.07, 6.45) is 1.37. The number of anilines is 1. The van der Waals surface area contributed by atoms with Gasteiger partial charge in [0, 0.05) is 21.3 Å². The van der Waals surface area contributed by atoms with Crippen molar-refractivity contribution < 1.29 is 19.1 Å². The van der Waals surface area contributed by atoms with Gasteiger partial charge in [0.15, 0.2) is 11.5 Å². The first-order chi connectivity index (χ1) is 15.9. The van der Waals surface area contributed by atoms with Crippen LogP contribution in [0.15, 0.2) is 70.2 Å². The maximum Gasteiger partial charge on any atom is 0.329 e. The Morgan fingerprint density at radius 2 is 1.79 bits per heavy atom. The summed E-state index contributed by atoms with van der Waals surface area (Å²) < 4.78 is 11.9. The summed E-state index contributed by atoms with van der Waals surface area (Å²) >= 11 is 15.4. The fraction of sp³-hybridized carbons (Fsp3) is 0.0870. The molecule has 0 aliphatic carbocycles. The molecule has 0 fully saturated rings. The van der Waals surface area contributed by atoms with Crippen LogP contribution in [0, 0.1) is 0 Å². The minimum atomic E-state index is -0.924. The number of methoxy groups -OCH3 is 1. The van der Waals surface area contributed by atoms with Crippen LogP contribution in [0.4, 0.5) is 5.69 Å². The summed E-state index contributed by atoms with van der Waals surface area (Å²) in [6.45, 7) is 0.251. The van der Waals surface area contributed by atoms with Gasteiger partial charge in [0.05, 0.1) is 17.8 Å². The van der Waals surface area contributed by atoms with E-state index in [0.717, 1.165) is 5.56 Å². The van der Waals surface area contributed by atoms with Gasteiger partial charge in [-0.15, -0.1) is 0 Å². The highest BCUT2D eigenvalue weighted by Crippen LogP contribution is 2.37. The van der Waals surface area contributed by atoms with E-state index >= 15 is 0 Å². The second kappa shape index (κ2) is 11.7. The summed E-state index contributed by atoms with van der Waals surface area (Å²) in [5.41, 5.74) is 4.04. The standard InChI is InChI=1S/C23H18BrCl2N3O4/c1-32-20-11-14(10-18(24)21(20)33-13-15-4-2-3-5-19(15)26)12-27-29-23(31)22(30)28-17-8-6-16(25)7-9-17/h2-12H,13H2,1H3,(H,28,30)(H,29,31)/b27-12+. The Hall–Kier alpha value is -3.07. The maximum absolute atomic E-state index is 12.0. The number of carbonyl (C=O) groups is 2. The van der Waals surface area contributed by atoms with Gasteiger partial charge < -0.3 is 14.8 Å². The zero-order valence-electron chi connectivity index (χ0n) is 17.3. The molecule has 0 radical (unpaired) electrons. The summed E-state index contributed by atoms with van der Waals surface area (Å²) in [7, 11) is 1.51. The molecular weight excluding hydrogens is 533 g/mol. The molecule has 2 N–H and O–H groups in total. The quantitative estimate of drug-likeness (QED) is 0.233. The van der Waals surface area contributed by atoms with Crippen LogP contribution < -0.4 is 20.2 Å². The molecule has 3 aromatic rings. The van der Waals surface area contributed by atoms with Crippen molar-refractivity contribution in [2.24, 2.45) is 5.10 Å². The molecule has 0 unspecified atom stereocenters. The Morgan fingerprint density at radius 3 is 2.48 bits per heavy atom. The second-order valence-electron chi connectivity index (χ2n) is 6.57. The Kier molecular flexibility index (Phi) is 8.71. The lowest BCUT2D eigenvalue weighted by Gasteiger charge is -2.14. The molecule has 2 amide bonds. The summed E-state index contributed by atoms with van der Waals surface area (Å²) in [5, 5.41) is 7.40. The van der Waals surface area contributed by atoms with Crippen molar-refractivity contribution in [3.05, 3.63) is 86.3 Å². The third kappa shape index (κ3) is 6.95. The molecule has 0 saturated carbocycles. The van der Waals surface area contributed by atoms with Gasteiger partial charge in [0.1, 0.15) is 6.61 Å². The molecule has 0 saturated heterocycles. The molecule has 10 heteroatoms. The van der Waals surface area contributed by atoms with Gasteiger partial charge in [-0.2, -0.15) is 5.10 Å². The van der Waals surface area contributed by atoms with Crippen LogP contribution in [0.2, 0.25) is 10.0 Å². The molecule has 0 bridgehead atoms. The number of hydrogen-bond acceptors (Lipinski definition) is 5. The Morgan fingerprint density at radius 1 is 1.06 bits per heavy atom. The fourth-order valence-electron chi connectivity index (χ4n) is 2.66. The van der Waals surface area contributed by atoms with Crippen molar-refractivity contribution in [3.8, 4) is 11.5 Å². The average Bonchev–Trinajstić information content (AvgIpc) is 2.80. The number of carbonyl (C=O) groups excluding carboxylic acids is 2. The van der Waals surface area contributed by atoms with Gasteiger partial charge in [-0.25, -0.2) is 5.43 Å². The number of hydrazone groups is 1. The molecule has 170 valence electrons. The summed E-state index contributed by atoms with van der Waals surface area (Å²) in [6, 6.07) is 17.1. The number of ether oxygens (including phenoxy) is 2. The van der Waals surface area contributed by atoms with Gasteiger partial charge in [-0.3, -0.25) is 9.59 Å². The van der Waals surface area contributed by atoms with Crippen LogP contribution in [0.3, 0.4) is 0 Å². The van der Waals surface area contributed by atoms with E-state index in [-0.39, 0.29) is 6.61 Å². The first kappa shape index (κ1) is 24.6. The van der Waals surface area contributed by atoms with E-state index in [1.54, 1.807) is 42.5 Å². The first-order valence-electron chi connectivity index (χ1n) is 9.51. The first-order valence-corrected chi connectivity index (χ1v) is 11.1. The Balaban J connectivity index is 1.62. The van der Waals surface area contributed by atoms with Crippen LogP contribution >= 0.6 is 39.1 Å². The molecule has 0 spiro atoms. The minimum Gasteiger partial charge on any atom is -0.493 e. The largest absolute Gasteiger partial charge is 0.493 e. The smallest absolute Gasteiger partial charge is 0.329 e. The Labute approximate surface area is 208 Å². The molecule has 33 heavy (non-hydrogen) atoms. The predicted octanol–water partition coefficient (Wildman–Crippen LogP) is 5.43. The van der Waals surface area contributed by atoms with Crippen LogP contribution in [-0.2, 0) is 16.2 Å². The number of amides is 2.